The number of rotatable bonds is 6. The molecule has 4 rings (SSSR count). The van der Waals surface area contributed by atoms with Crippen LogP contribution < -0.4 is 0 Å². The van der Waals surface area contributed by atoms with Crippen LogP contribution in [0.25, 0.3) is 10.8 Å². The van der Waals surface area contributed by atoms with E-state index >= 15 is 4.39 Å². The Morgan fingerprint density at radius 1 is 0.897 bits per heavy atom. The standard InChI is InChI=1S/C27H30ClF/c1-2-3-19-4-9-21(10-5-19)23-14-17-26-24(18-23)13-12-22(27(26)29)11-6-20-7-15-25(28)16-8-20/h7-8,12-19,21H,2-6,9-11H2,1H3. The van der Waals surface area contributed by atoms with Gasteiger partial charge in [0.1, 0.15) is 5.82 Å². The molecule has 1 fully saturated rings. The predicted molar refractivity (Wildman–Crippen MR) is 122 cm³/mol. The molecule has 0 unspecified atom stereocenters. The first-order valence-corrected chi connectivity index (χ1v) is 11.5. The van der Waals surface area contributed by atoms with Crippen LogP contribution >= 0.6 is 11.6 Å². The molecule has 3 aromatic carbocycles. The van der Waals surface area contributed by atoms with Crippen LogP contribution in [0.3, 0.4) is 0 Å². The van der Waals surface area contributed by atoms with Gasteiger partial charge in [0, 0.05) is 10.4 Å². The van der Waals surface area contributed by atoms with Gasteiger partial charge >= 0.3 is 0 Å². The molecule has 0 saturated heterocycles. The average molecular weight is 409 g/mol. The molecule has 152 valence electrons. The molecular weight excluding hydrogens is 379 g/mol. The van der Waals surface area contributed by atoms with Crippen LogP contribution in [0.4, 0.5) is 4.39 Å². The molecule has 29 heavy (non-hydrogen) atoms. The van der Waals surface area contributed by atoms with Crippen LogP contribution in [0.5, 0.6) is 0 Å². The molecule has 2 heteroatoms. The Labute approximate surface area is 179 Å². The Kier molecular flexibility index (Phi) is 6.55. The van der Waals surface area contributed by atoms with Crippen molar-refractivity contribution in [2.24, 2.45) is 5.92 Å². The summed E-state index contributed by atoms with van der Waals surface area (Å²) in [7, 11) is 0. The van der Waals surface area contributed by atoms with E-state index in [0.29, 0.717) is 12.3 Å². The second-order valence-electron chi connectivity index (χ2n) is 8.65. The van der Waals surface area contributed by atoms with Crippen LogP contribution in [0.15, 0.2) is 54.6 Å². The topological polar surface area (TPSA) is 0 Å². The van der Waals surface area contributed by atoms with Crippen molar-refractivity contribution in [3.63, 3.8) is 0 Å². The lowest BCUT2D eigenvalue weighted by molar-refractivity contribution is 0.308. The Balaban J connectivity index is 1.47. The highest BCUT2D eigenvalue weighted by molar-refractivity contribution is 6.30. The molecule has 0 bridgehead atoms. The zero-order valence-electron chi connectivity index (χ0n) is 17.3. The Bertz CT molecular complexity index is 952. The molecule has 0 radical (unpaired) electrons. The minimum atomic E-state index is -0.0605. The van der Waals surface area contributed by atoms with E-state index in [1.165, 1.54) is 49.7 Å². The summed E-state index contributed by atoms with van der Waals surface area (Å²) in [5.41, 5.74) is 3.36. The SMILES string of the molecule is CCCC1CCC(c2ccc3c(F)c(CCc4ccc(Cl)cc4)ccc3c2)CC1. The number of halogens is 2. The normalized spacial score (nSPS) is 19.6. The molecule has 0 heterocycles. The second kappa shape index (κ2) is 9.30. The summed E-state index contributed by atoms with van der Waals surface area (Å²) in [4.78, 5) is 0. The van der Waals surface area contributed by atoms with Gasteiger partial charge in [-0.05, 0) is 84.6 Å². The van der Waals surface area contributed by atoms with E-state index in [-0.39, 0.29) is 5.82 Å². The second-order valence-corrected chi connectivity index (χ2v) is 9.09. The molecule has 0 aromatic heterocycles. The summed E-state index contributed by atoms with van der Waals surface area (Å²) < 4.78 is 15.1. The molecule has 1 aliphatic rings. The zero-order chi connectivity index (χ0) is 20.2. The van der Waals surface area contributed by atoms with Crippen LogP contribution in [-0.2, 0) is 12.8 Å². The fourth-order valence-electron chi connectivity index (χ4n) is 4.93. The lowest BCUT2D eigenvalue weighted by Gasteiger charge is -2.28. The molecule has 0 spiro atoms. The molecule has 0 atom stereocenters. The summed E-state index contributed by atoms with van der Waals surface area (Å²) in [5, 5.41) is 2.52. The highest BCUT2D eigenvalue weighted by Crippen LogP contribution is 2.38. The van der Waals surface area contributed by atoms with Gasteiger partial charge < -0.3 is 0 Å². The number of aryl methyl sites for hydroxylation is 2. The zero-order valence-corrected chi connectivity index (χ0v) is 18.0. The first kappa shape index (κ1) is 20.4. The van der Waals surface area contributed by atoms with E-state index in [2.05, 4.69) is 25.1 Å². The highest BCUT2D eigenvalue weighted by atomic mass is 35.5. The lowest BCUT2D eigenvalue weighted by atomic mass is 9.77. The van der Waals surface area contributed by atoms with Gasteiger partial charge in [-0.15, -0.1) is 0 Å². The third-order valence-electron chi connectivity index (χ3n) is 6.67. The summed E-state index contributed by atoms with van der Waals surface area (Å²) in [5.74, 6) is 1.49. The van der Waals surface area contributed by atoms with Crippen LogP contribution in [0.2, 0.25) is 5.02 Å². The van der Waals surface area contributed by atoms with Gasteiger partial charge in [0.25, 0.3) is 0 Å². The molecule has 1 aliphatic carbocycles. The molecule has 0 amide bonds. The smallest absolute Gasteiger partial charge is 0.134 e. The Hall–Kier alpha value is -1.86. The summed E-state index contributed by atoms with van der Waals surface area (Å²) in [6.07, 6.45) is 9.42. The highest BCUT2D eigenvalue weighted by Gasteiger charge is 2.22. The van der Waals surface area contributed by atoms with Crippen LogP contribution in [0, 0.1) is 11.7 Å². The van der Waals surface area contributed by atoms with Crippen molar-refractivity contribution in [2.45, 2.75) is 64.2 Å². The van der Waals surface area contributed by atoms with Gasteiger partial charge in [0.15, 0.2) is 0 Å². The third-order valence-corrected chi connectivity index (χ3v) is 6.92. The third kappa shape index (κ3) is 4.83. The van der Waals surface area contributed by atoms with E-state index in [1.807, 2.05) is 36.4 Å². The van der Waals surface area contributed by atoms with E-state index in [9.17, 15) is 0 Å². The van der Waals surface area contributed by atoms with Gasteiger partial charge in [-0.1, -0.05) is 73.8 Å². The quantitative estimate of drug-likeness (QED) is 0.383. The largest absolute Gasteiger partial charge is 0.206 e. The fraction of sp³-hybridized carbons (Fsp3) is 0.407. The van der Waals surface area contributed by atoms with Gasteiger partial charge in [-0.2, -0.15) is 0 Å². The summed E-state index contributed by atoms with van der Waals surface area (Å²) in [6, 6.07) is 18.3. The molecule has 3 aromatic rings. The number of hydrogen-bond acceptors (Lipinski definition) is 0. The number of hydrogen-bond donors (Lipinski definition) is 0. The van der Waals surface area contributed by atoms with Crippen molar-refractivity contribution in [3.05, 3.63) is 82.1 Å². The molecule has 0 N–H and O–H groups in total. The first-order chi connectivity index (χ1) is 14.1. The fourth-order valence-corrected chi connectivity index (χ4v) is 5.05. The Morgan fingerprint density at radius 3 is 2.38 bits per heavy atom. The number of benzene rings is 3. The lowest BCUT2D eigenvalue weighted by Crippen LogP contribution is -2.13. The minimum absolute atomic E-state index is 0.0605. The molecule has 1 saturated carbocycles. The van der Waals surface area contributed by atoms with Crippen molar-refractivity contribution in [1.29, 1.82) is 0 Å². The first-order valence-electron chi connectivity index (χ1n) is 11.1. The van der Waals surface area contributed by atoms with Crippen molar-refractivity contribution in [1.82, 2.24) is 0 Å². The van der Waals surface area contributed by atoms with Crippen LogP contribution in [0.1, 0.15) is 68.1 Å². The monoisotopic (exact) mass is 408 g/mol. The van der Waals surface area contributed by atoms with E-state index in [4.69, 9.17) is 11.6 Å². The maximum Gasteiger partial charge on any atom is 0.134 e. The van der Waals surface area contributed by atoms with Crippen molar-refractivity contribution >= 4 is 22.4 Å². The molecule has 0 aliphatic heterocycles. The maximum absolute atomic E-state index is 15.1. The molecular formula is C27H30ClF. The van der Waals surface area contributed by atoms with Gasteiger partial charge in [0.2, 0.25) is 0 Å². The molecule has 0 nitrogen and oxygen atoms in total. The number of fused-ring (bicyclic) bond motifs is 1. The average Bonchev–Trinajstić information content (AvgIpc) is 2.75. The maximum atomic E-state index is 15.1. The summed E-state index contributed by atoms with van der Waals surface area (Å²) >= 11 is 5.95. The van der Waals surface area contributed by atoms with Crippen LogP contribution in [-0.4, -0.2) is 0 Å². The van der Waals surface area contributed by atoms with E-state index < -0.39 is 0 Å². The van der Waals surface area contributed by atoms with Gasteiger partial charge in [-0.25, -0.2) is 4.39 Å². The van der Waals surface area contributed by atoms with Crippen molar-refractivity contribution < 1.29 is 4.39 Å². The van der Waals surface area contributed by atoms with E-state index in [1.54, 1.807) is 0 Å². The van der Waals surface area contributed by atoms with Gasteiger partial charge in [0.05, 0.1) is 0 Å². The minimum Gasteiger partial charge on any atom is -0.206 e. The van der Waals surface area contributed by atoms with Crippen molar-refractivity contribution in [2.75, 3.05) is 0 Å². The van der Waals surface area contributed by atoms with E-state index in [0.717, 1.165) is 33.7 Å². The summed E-state index contributed by atoms with van der Waals surface area (Å²) in [6.45, 7) is 2.29. The van der Waals surface area contributed by atoms with Gasteiger partial charge in [-0.3, -0.25) is 0 Å². The Morgan fingerprint density at radius 2 is 1.66 bits per heavy atom. The van der Waals surface area contributed by atoms with Crippen molar-refractivity contribution in [3.8, 4) is 0 Å². The predicted octanol–water partition coefficient (Wildman–Crippen LogP) is 8.49.